The standard InChI is InChI=1S/C37H27F4N7O4S/c1-43-36(49)34-24-10-22(30(46(2)53(3,50)51)13-32(24)52-35(34)20-8-7-19(38)9-26(20)40)27-11-23-28(14-44-27)45-33(15-47-17-37(41,16-42)18-47)48-29-6-4-5-25(39)21(29)12-31(23)48/h4-14H,15,17-18H2,1-3H3,(H,43,49). The lowest BCUT2D eigenvalue weighted by Gasteiger charge is -2.39. The number of sulfonamides is 1. The number of nitriles is 1. The average Bonchev–Trinajstić information content (AvgIpc) is 3.69. The summed E-state index contributed by atoms with van der Waals surface area (Å²) in [6.07, 6.45) is 2.47. The van der Waals surface area contributed by atoms with Crippen molar-refractivity contribution in [3.8, 4) is 28.7 Å². The predicted molar refractivity (Wildman–Crippen MR) is 190 cm³/mol. The summed E-state index contributed by atoms with van der Waals surface area (Å²) in [5, 5.41) is 12.7. The fourth-order valence-corrected chi connectivity index (χ4v) is 7.40. The Morgan fingerprint density at radius 3 is 2.49 bits per heavy atom. The Labute approximate surface area is 298 Å². The quantitative estimate of drug-likeness (QED) is 0.187. The van der Waals surface area contributed by atoms with E-state index in [1.165, 1.54) is 38.5 Å². The molecule has 0 spiro atoms. The van der Waals surface area contributed by atoms with E-state index in [2.05, 4.69) is 10.3 Å². The van der Waals surface area contributed by atoms with Gasteiger partial charge in [0.25, 0.3) is 5.91 Å². The molecule has 3 aromatic carbocycles. The maximum atomic E-state index is 15.2. The molecule has 0 bridgehead atoms. The monoisotopic (exact) mass is 741 g/mol. The number of benzene rings is 3. The first kappa shape index (κ1) is 34.1. The number of alkyl halides is 1. The number of likely N-dealkylation sites (tertiary alicyclic amines) is 1. The van der Waals surface area contributed by atoms with E-state index in [9.17, 15) is 27.3 Å². The van der Waals surface area contributed by atoms with E-state index < -0.39 is 39.1 Å². The Morgan fingerprint density at radius 2 is 1.79 bits per heavy atom. The van der Waals surface area contributed by atoms with Gasteiger partial charge in [0.1, 0.15) is 34.9 Å². The van der Waals surface area contributed by atoms with E-state index in [-0.39, 0.29) is 64.4 Å². The molecule has 0 aliphatic carbocycles. The van der Waals surface area contributed by atoms with Gasteiger partial charge in [-0.25, -0.2) is 31.0 Å². The van der Waals surface area contributed by atoms with E-state index in [0.717, 1.165) is 22.7 Å². The molecule has 0 radical (unpaired) electrons. The van der Waals surface area contributed by atoms with E-state index in [1.807, 2.05) is 0 Å². The lowest BCUT2D eigenvalue weighted by atomic mass is 9.98. The highest BCUT2D eigenvalue weighted by Gasteiger charge is 2.44. The van der Waals surface area contributed by atoms with Crippen molar-refractivity contribution in [1.82, 2.24) is 24.6 Å². The summed E-state index contributed by atoms with van der Waals surface area (Å²) in [5.41, 5.74) is -0.173. The summed E-state index contributed by atoms with van der Waals surface area (Å²) in [6.45, 7) is -0.0756. The maximum absolute atomic E-state index is 15.2. The van der Waals surface area contributed by atoms with Crippen LogP contribution in [0.1, 0.15) is 16.2 Å². The number of nitrogens with zero attached hydrogens (tertiary/aromatic N) is 6. The van der Waals surface area contributed by atoms with Gasteiger partial charge in [-0.2, -0.15) is 5.26 Å². The third kappa shape index (κ3) is 5.51. The first-order valence-electron chi connectivity index (χ1n) is 16.1. The second-order valence-electron chi connectivity index (χ2n) is 13.0. The van der Waals surface area contributed by atoms with Crippen LogP contribution in [0.4, 0.5) is 23.2 Å². The fourth-order valence-electron chi connectivity index (χ4n) is 6.89. The van der Waals surface area contributed by atoms with Crippen molar-refractivity contribution in [2.75, 3.05) is 37.7 Å². The SMILES string of the molecule is CNC(=O)c1c(-c2ccc(F)cc2F)oc2cc(N(C)S(C)(=O)=O)c(-c3cc4c(cn3)nc(CN3CC(F)(C#N)C3)n3c5cccc(F)c5cc43)cc12. The summed E-state index contributed by atoms with van der Waals surface area (Å²) in [7, 11) is -1.19. The van der Waals surface area contributed by atoms with E-state index in [1.54, 1.807) is 39.6 Å². The van der Waals surface area contributed by atoms with E-state index >= 15 is 8.78 Å². The topological polar surface area (TPSA) is 137 Å². The van der Waals surface area contributed by atoms with Crippen LogP contribution < -0.4 is 9.62 Å². The number of pyridine rings is 1. The number of furan rings is 1. The summed E-state index contributed by atoms with van der Waals surface area (Å²) in [6, 6.07) is 15.3. The number of amides is 1. The van der Waals surface area contributed by atoms with Crippen molar-refractivity contribution in [3.05, 3.63) is 95.7 Å². The number of carbonyl (C=O) groups is 1. The van der Waals surface area contributed by atoms with Gasteiger partial charge in [0.15, 0.2) is 5.76 Å². The van der Waals surface area contributed by atoms with Gasteiger partial charge in [0.05, 0.1) is 58.1 Å². The number of fused-ring (bicyclic) bond motifs is 6. The van der Waals surface area contributed by atoms with Crippen LogP contribution in [0.2, 0.25) is 0 Å². The van der Waals surface area contributed by atoms with Gasteiger partial charge in [0, 0.05) is 61.0 Å². The van der Waals surface area contributed by atoms with Gasteiger partial charge in [0.2, 0.25) is 15.7 Å². The van der Waals surface area contributed by atoms with Gasteiger partial charge >= 0.3 is 0 Å². The summed E-state index contributed by atoms with van der Waals surface area (Å²) < 4.78 is 93.3. The van der Waals surface area contributed by atoms with Crippen LogP contribution in [0.15, 0.2) is 71.3 Å². The minimum Gasteiger partial charge on any atom is -0.455 e. The molecular formula is C37H27F4N7O4S. The van der Waals surface area contributed by atoms with Crippen LogP contribution in [-0.2, 0) is 16.6 Å². The fraction of sp³-hybridized carbons (Fsp3) is 0.189. The molecule has 4 aromatic heterocycles. The lowest BCUT2D eigenvalue weighted by molar-refractivity contribution is 0.00388. The number of aromatic nitrogens is 3. The molecule has 268 valence electrons. The van der Waals surface area contributed by atoms with Gasteiger partial charge in [-0.05, 0) is 42.5 Å². The van der Waals surface area contributed by atoms with Crippen molar-refractivity contribution in [2.24, 2.45) is 0 Å². The number of carbonyl (C=O) groups excluding carboxylic acids is 1. The van der Waals surface area contributed by atoms with Crippen LogP contribution in [0.5, 0.6) is 0 Å². The molecule has 0 unspecified atom stereocenters. The predicted octanol–water partition coefficient (Wildman–Crippen LogP) is 6.34. The van der Waals surface area contributed by atoms with Gasteiger partial charge in [-0.3, -0.25) is 23.4 Å². The Hall–Kier alpha value is -6.05. The highest BCUT2D eigenvalue weighted by molar-refractivity contribution is 7.92. The number of nitrogens with one attached hydrogen (secondary N) is 1. The second-order valence-corrected chi connectivity index (χ2v) is 15.0. The van der Waals surface area contributed by atoms with Gasteiger partial charge in [-0.1, -0.05) is 6.07 Å². The van der Waals surface area contributed by atoms with Gasteiger partial charge in [-0.15, -0.1) is 0 Å². The number of hydrogen-bond acceptors (Lipinski definition) is 8. The lowest BCUT2D eigenvalue weighted by Crippen LogP contribution is -2.57. The molecular weight excluding hydrogens is 715 g/mol. The molecule has 0 saturated carbocycles. The molecule has 11 nitrogen and oxygen atoms in total. The molecule has 1 amide bonds. The minimum absolute atomic E-state index is 0.0408. The minimum atomic E-state index is -3.89. The zero-order valence-corrected chi connectivity index (χ0v) is 29.0. The summed E-state index contributed by atoms with van der Waals surface area (Å²) in [4.78, 5) is 24.5. The van der Waals surface area contributed by atoms with Crippen molar-refractivity contribution in [2.45, 2.75) is 12.2 Å². The van der Waals surface area contributed by atoms with Crippen molar-refractivity contribution in [3.63, 3.8) is 0 Å². The van der Waals surface area contributed by atoms with Crippen LogP contribution in [-0.4, -0.2) is 72.7 Å². The first-order valence-corrected chi connectivity index (χ1v) is 18.0. The van der Waals surface area contributed by atoms with Crippen LogP contribution in [0.25, 0.3) is 60.9 Å². The first-order chi connectivity index (χ1) is 25.2. The zero-order chi connectivity index (χ0) is 37.6. The highest BCUT2D eigenvalue weighted by Crippen LogP contribution is 2.42. The van der Waals surface area contributed by atoms with Crippen LogP contribution in [0, 0.1) is 28.8 Å². The number of rotatable bonds is 7. The Bertz CT molecular complexity index is 2860. The molecule has 5 heterocycles. The molecule has 16 heteroatoms. The van der Waals surface area contributed by atoms with Crippen LogP contribution in [0.3, 0.4) is 0 Å². The van der Waals surface area contributed by atoms with Crippen molar-refractivity contribution < 1.29 is 35.2 Å². The van der Waals surface area contributed by atoms with Gasteiger partial charge < -0.3 is 9.73 Å². The molecule has 1 aliphatic heterocycles. The molecule has 1 aliphatic rings. The Kier molecular flexibility index (Phi) is 7.71. The normalized spacial score (nSPS) is 14.5. The van der Waals surface area contributed by atoms with E-state index in [4.69, 9.17) is 9.40 Å². The molecule has 8 rings (SSSR count). The van der Waals surface area contributed by atoms with Crippen molar-refractivity contribution >= 4 is 59.9 Å². The molecule has 0 atom stereocenters. The molecule has 1 fully saturated rings. The van der Waals surface area contributed by atoms with Crippen molar-refractivity contribution in [1.29, 1.82) is 5.26 Å². The largest absolute Gasteiger partial charge is 0.455 e. The van der Waals surface area contributed by atoms with E-state index in [0.29, 0.717) is 39.2 Å². The number of anilines is 1. The highest BCUT2D eigenvalue weighted by atomic mass is 32.2. The summed E-state index contributed by atoms with van der Waals surface area (Å²) >= 11 is 0. The number of hydrogen-bond donors (Lipinski definition) is 1. The summed E-state index contributed by atoms with van der Waals surface area (Å²) in [5.74, 6) is -2.68. The molecule has 1 N–H and O–H groups in total. The Balaban J connectivity index is 1.38. The average molecular weight is 742 g/mol. The van der Waals surface area contributed by atoms with Crippen LogP contribution >= 0.6 is 0 Å². The Morgan fingerprint density at radius 1 is 1.02 bits per heavy atom. The second kappa shape index (κ2) is 12.0. The molecule has 7 aromatic rings. The number of halogens is 4. The zero-order valence-electron chi connectivity index (χ0n) is 28.2. The molecule has 1 saturated heterocycles. The third-order valence-corrected chi connectivity index (χ3v) is 10.7. The third-order valence-electron chi connectivity index (χ3n) is 9.52. The smallest absolute Gasteiger partial charge is 0.255 e. The molecule has 53 heavy (non-hydrogen) atoms. The maximum Gasteiger partial charge on any atom is 0.255 e.